The van der Waals surface area contributed by atoms with Gasteiger partial charge in [-0.3, -0.25) is 4.79 Å². The predicted octanol–water partition coefficient (Wildman–Crippen LogP) is 0.789. The summed E-state index contributed by atoms with van der Waals surface area (Å²) >= 11 is 0. The minimum atomic E-state index is -0.306. The molecule has 43 valence electrons. The van der Waals surface area contributed by atoms with E-state index in [-0.39, 0.29) is 6.10 Å². The van der Waals surface area contributed by atoms with Crippen molar-refractivity contribution >= 4 is 6.29 Å². The smallest absolute Gasteiger partial charge is 0.242 e. The van der Waals surface area contributed by atoms with Crippen LogP contribution in [-0.2, 0) is 9.53 Å². The van der Waals surface area contributed by atoms with E-state index >= 15 is 0 Å². The first-order valence-electron chi connectivity index (χ1n) is 2.61. The summed E-state index contributed by atoms with van der Waals surface area (Å²) in [5, 5.41) is 0. The van der Waals surface area contributed by atoms with Gasteiger partial charge >= 0.3 is 0 Å². The average molecular weight is 111 g/mol. The van der Waals surface area contributed by atoms with Crippen LogP contribution in [0, 0.1) is 0 Å². The van der Waals surface area contributed by atoms with E-state index in [9.17, 15) is 4.79 Å². The summed E-state index contributed by atoms with van der Waals surface area (Å²) in [6.45, 7) is 0. The Balaban J connectivity index is 2.37. The summed E-state index contributed by atoms with van der Waals surface area (Å²) in [4.78, 5) is 9.88. The molecule has 0 fully saturated rings. The van der Waals surface area contributed by atoms with Gasteiger partial charge in [0.1, 0.15) is 0 Å². The third kappa shape index (κ3) is 1.09. The van der Waals surface area contributed by atoms with Gasteiger partial charge in [-0.15, -0.1) is 0 Å². The molecule has 1 unspecified atom stereocenters. The standard InChI is InChI=1S/C6H7O2/c7-5-6-3-1-2-4-8-6/h2,4,6H,1,3H2. The molecule has 0 spiro atoms. The Morgan fingerprint density at radius 3 is 3.00 bits per heavy atom. The molecule has 2 nitrogen and oxygen atoms in total. The summed E-state index contributed by atoms with van der Waals surface area (Å²) in [6.07, 6.45) is 6.63. The second-order valence-corrected chi connectivity index (χ2v) is 1.69. The molecule has 1 radical (unpaired) electrons. The monoisotopic (exact) mass is 111 g/mol. The number of ether oxygens (including phenoxy) is 1. The minimum Gasteiger partial charge on any atom is -0.490 e. The summed E-state index contributed by atoms with van der Waals surface area (Å²) in [6, 6.07) is 0. The van der Waals surface area contributed by atoms with E-state index in [1.165, 1.54) is 0 Å². The van der Waals surface area contributed by atoms with Crippen LogP contribution in [0.15, 0.2) is 12.3 Å². The molecule has 0 aromatic carbocycles. The predicted molar refractivity (Wildman–Crippen MR) is 28.9 cm³/mol. The van der Waals surface area contributed by atoms with Crippen LogP contribution >= 0.6 is 0 Å². The lowest BCUT2D eigenvalue weighted by atomic mass is 10.2. The first-order valence-corrected chi connectivity index (χ1v) is 2.61. The zero-order valence-corrected chi connectivity index (χ0v) is 4.46. The van der Waals surface area contributed by atoms with E-state index in [0.717, 1.165) is 12.8 Å². The normalized spacial score (nSPS) is 26.8. The Morgan fingerprint density at radius 1 is 1.75 bits per heavy atom. The highest BCUT2D eigenvalue weighted by Crippen LogP contribution is 2.06. The minimum absolute atomic E-state index is 0.306. The molecule has 1 heterocycles. The molecule has 0 amide bonds. The number of allylic oxidation sites excluding steroid dienone is 1. The SMILES string of the molecule is O=[C]C1CCC=CO1. The van der Waals surface area contributed by atoms with Gasteiger partial charge in [0.25, 0.3) is 0 Å². The van der Waals surface area contributed by atoms with Gasteiger partial charge in [-0.05, 0) is 18.9 Å². The van der Waals surface area contributed by atoms with E-state index in [1.807, 2.05) is 6.08 Å². The maximum Gasteiger partial charge on any atom is 0.242 e. The highest BCUT2D eigenvalue weighted by atomic mass is 16.5. The molecule has 1 aliphatic heterocycles. The van der Waals surface area contributed by atoms with E-state index in [2.05, 4.69) is 0 Å². The second kappa shape index (κ2) is 2.50. The van der Waals surface area contributed by atoms with Gasteiger partial charge in [-0.2, -0.15) is 0 Å². The van der Waals surface area contributed by atoms with Crippen LogP contribution in [0.4, 0.5) is 0 Å². The topological polar surface area (TPSA) is 26.3 Å². The lowest BCUT2D eigenvalue weighted by Crippen LogP contribution is -2.12. The first-order chi connectivity index (χ1) is 3.93. The largest absolute Gasteiger partial charge is 0.490 e. The lowest BCUT2D eigenvalue weighted by molar-refractivity contribution is 0.177. The van der Waals surface area contributed by atoms with Crippen molar-refractivity contribution < 1.29 is 9.53 Å². The first kappa shape index (κ1) is 5.35. The van der Waals surface area contributed by atoms with Gasteiger partial charge in [0, 0.05) is 0 Å². The molecule has 0 N–H and O–H groups in total. The number of carbonyl (C=O) groups excluding carboxylic acids is 1. The highest BCUT2D eigenvalue weighted by molar-refractivity contribution is 5.57. The fraction of sp³-hybridized carbons (Fsp3) is 0.500. The zero-order valence-electron chi connectivity index (χ0n) is 4.46. The van der Waals surface area contributed by atoms with Gasteiger partial charge in [0.05, 0.1) is 6.26 Å². The molecule has 1 atom stereocenters. The maximum absolute atomic E-state index is 9.88. The average Bonchev–Trinajstić information content (AvgIpc) is 1.90. The van der Waals surface area contributed by atoms with Gasteiger partial charge in [-0.25, -0.2) is 0 Å². The Hall–Kier alpha value is -0.790. The maximum atomic E-state index is 9.88. The van der Waals surface area contributed by atoms with Crippen molar-refractivity contribution in [1.82, 2.24) is 0 Å². The van der Waals surface area contributed by atoms with Gasteiger partial charge in [-0.1, -0.05) is 0 Å². The molecule has 8 heavy (non-hydrogen) atoms. The molecule has 0 aromatic rings. The lowest BCUT2D eigenvalue weighted by Gasteiger charge is -2.10. The van der Waals surface area contributed by atoms with Crippen LogP contribution in [-0.4, -0.2) is 12.4 Å². The molecular formula is C6H7O2. The van der Waals surface area contributed by atoms with Crippen LogP contribution in [0.3, 0.4) is 0 Å². The van der Waals surface area contributed by atoms with Crippen LogP contribution in [0.25, 0.3) is 0 Å². The molecule has 1 rings (SSSR count). The molecule has 0 aliphatic carbocycles. The van der Waals surface area contributed by atoms with Crippen molar-refractivity contribution in [2.75, 3.05) is 0 Å². The van der Waals surface area contributed by atoms with Crippen LogP contribution in [0.1, 0.15) is 12.8 Å². The Bertz CT molecular complexity index is 107. The zero-order chi connectivity index (χ0) is 5.82. The van der Waals surface area contributed by atoms with Crippen molar-refractivity contribution in [1.29, 1.82) is 0 Å². The molecule has 0 aromatic heterocycles. The molecule has 0 saturated carbocycles. The van der Waals surface area contributed by atoms with E-state index in [0.29, 0.717) is 0 Å². The Morgan fingerprint density at radius 2 is 2.62 bits per heavy atom. The molecule has 0 saturated heterocycles. The van der Waals surface area contributed by atoms with Crippen LogP contribution < -0.4 is 0 Å². The fourth-order valence-electron chi connectivity index (χ4n) is 0.621. The number of hydrogen-bond donors (Lipinski definition) is 0. The van der Waals surface area contributed by atoms with E-state index in [1.54, 1.807) is 12.5 Å². The van der Waals surface area contributed by atoms with Crippen molar-refractivity contribution in [2.45, 2.75) is 18.9 Å². The number of hydrogen-bond acceptors (Lipinski definition) is 2. The quantitative estimate of drug-likeness (QED) is 0.500. The Labute approximate surface area is 48.1 Å². The van der Waals surface area contributed by atoms with E-state index in [4.69, 9.17) is 4.74 Å². The van der Waals surface area contributed by atoms with Gasteiger partial charge < -0.3 is 4.74 Å². The van der Waals surface area contributed by atoms with Crippen molar-refractivity contribution in [2.24, 2.45) is 0 Å². The fourth-order valence-corrected chi connectivity index (χ4v) is 0.621. The third-order valence-corrected chi connectivity index (χ3v) is 1.07. The molecule has 1 aliphatic rings. The van der Waals surface area contributed by atoms with Crippen LogP contribution in [0.2, 0.25) is 0 Å². The summed E-state index contributed by atoms with van der Waals surface area (Å²) in [7, 11) is 0. The highest BCUT2D eigenvalue weighted by Gasteiger charge is 2.08. The molecule has 2 heteroatoms. The van der Waals surface area contributed by atoms with Gasteiger partial charge in [0.15, 0.2) is 6.10 Å². The number of rotatable bonds is 1. The van der Waals surface area contributed by atoms with Crippen molar-refractivity contribution in [3.8, 4) is 0 Å². The van der Waals surface area contributed by atoms with Crippen molar-refractivity contribution in [3.63, 3.8) is 0 Å². The van der Waals surface area contributed by atoms with Gasteiger partial charge in [0.2, 0.25) is 6.29 Å². The molecule has 0 bridgehead atoms. The van der Waals surface area contributed by atoms with E-state index < -0.39 is 0 Å². The summed E-state index contributed by atoms with van der Waals surface area (Å²) < 4.78 is 4.82. The second-order valence-electron chi connectivity index (χ2n) is 1.69. The summed E-state index contributed by atoms with van der Waals surface area (Å²) in [5.74, 6) is 0. The molecular weight excluding hydrogens is 104 g/mol. The van der Waals surface area contributed by atoms with Crippen molar-refractivity contribution in [3.05, 3.63) is 12.3 Å². The third-order valence-electron chi connectivity index (χ3n) is 1.07. The Kier molecular flexibility index (Phi) is 1.67. The summed E-state index contributed by atoms with van der Waals surface area (Å²) in [5.41, 5.74) is 0. The van der Waals surface area contributed by atoms with Crippen LogP contribution in [0.5, 0.6) is 0 Å².